The summed E-state index contributed by atoms with van der Waals surface area (Å²) in [6.07, 6.45) is -0.871. The van der Waals surface area contributed by atoms with Crippen molar-refractivity contribution in [3.63, 3.8) is 0 Å². The van der Waals surface area contributed by atoms with E-state index >= 15 is 0 Å². The summed E-state index contributed by atoms with van der Waals surface area (Å²) in [4.78, 5) is 0. The first-order chi connectivity index (χ1) is 10.1. The number of methoxy groups -OCH3 is 1. The van der Waals surface area contributed by atoms with Crippen LogP contribution >= 0.6 is 11.6 Å². The maximum absolute atomic E-state index is 14.0. The van der Waals surface area contributed by atoms with E-state index in [1.54, 1.807) is 24.3 Å². The Balaban J connectivity index is 2.05. The molecule has 0 saturated carbocycles. The maximum Gasteiger partial charge on any atom is 0.127 e. The molecule has 2 heterocycles. The summed E-state index contributed by atoms with van der Waals surface area (Å²) in [5.41, 5.74) is 2.70. The molecule has 1 aromatic carbocycles. The molecule has 2 aliphatic heterocycles. The van der Waals surface area contributed by atoms with E-state index in [2.05, 4.69) is 11.2 Å². The van der Waals surface area contributed by atoms with Gasteiger partial charge in [0.2, 0.25) is 0 Å². The van der Waals surface area contributed by atoms with E-state index in [9.17, 15) is 4.39 Å². The van der Waals surface area contributed by atoms with Gasteiger partial charge in [-0.05, 0) is 25.0 Å². The van der Waals surface area contributed by atoms with Gasteiger partial charge < -0.3 is 4.74 Å². The molecule has 0 aliphatic carbocycles. The van der Waals surface area contributed by atoms with E-state index in [0.717, 1.165) is 11.1 Å². The number of nitriles is 1. The third-order valence-electron chi connectivity index (χ3n) is 4.20. The van der Waals surface area contributed by atoms with E-state index < -0.39 is 12.3 Å². The summed E-state index contributed by atoms with van der Waals surface area (Å²) >= 11 is 6.21. The van der Waals surface area contributed by atoms with Crippen LogP contribution in [0.2, 0.25) is 5.02 Å². The second kappa shape index (κ2) is 5.28. The number of rotatable bonds is 2. The standard InChI is InChI=1S/C15H15ClFN3O/c1-8-10(4-3-9(7-18)12(8)16)13-15(21-2)14-11(17)5-6-20(14)19-13/h3-4,11,14-15H,5-6H2,1-2H3/t11?,14-,15+/m0/s1. The molecule has 1 unspecified atom stereocenters. The molecule has 110 valence electrons. The Morgan fingerprint density at radius 1 is 1.52 bits per heavy atom. The highest BCUT2D eigenvalue weighted by Crippen LogP contribution is 2.34. The van der Waals surface area contributed by atoms with Gasteiger partial charge in [0.05, 0.1) is 16.3 Å². The average Bonchev–Trinajstić information content (AvgIpc) is 3.02. The molecular formula is C15H15ClFN3O. The Labute approximate surface area is 127 Å². The predicted molar refractivity (Wildman–Crippen MR) is 78.2 cm³/mol. The van der Waals surface area contributed by atoms with Crippen molar-refractivity contribution in [2.45, 2.75) is 31.7 Å². The van der Waals surface area contributed by atoms with Gasteiger partial charge in [0.15, 0.2) is 0 Å². The third-order valence-corrected chi connectivity index (χ3v) is 4.69. The van der Waals surface area contributed by atoms with Crippen molar-refractivity contribution < 1.29 is 9.13 Å². The first-order valence-corrected chi connectivity index (χ1v) is 7.18. The predicted octanol–water partition coefficient (Wildman–Crippen LogP) is 2.67. The fourth-order valence-electron chi connectivity index (χ4n) is 3.09. The zero-order valence-corrected chi connectivity index (χ0v) is 12.6. The molecule has 0 aromatic heterocycles. The smallest absolute Gasteiger partial charge is 0.127 e. The molecule has 2 aliphatic rings. The van der Waals surface area contributed by atoms with Gasteiger partial charge in [0.1, 0.15) is 24.4 Å². The Bertz CT molecular complexity index is 655. The molecule has 0 spiro atoms. The molecular weight excluding hydrogens is 293 g/mol. The lowest BCUT2D eigenvalue weighted by Crippen LogP contribution is -2.40. The Morgan fingerprint density at radius 3 is 2.95 bits per heavy atom. The topological polar surface area (TPSA) is 48.6 Å². The molecule has 0 N–H and O–H groups in total. The zero-order chi connectivity index (χ0) is 15.1. The van der Waals surface area contributed by atoms with Gasteiger partial charge in [0, 0.05) is 19.2 Å². The highest BCUT2D eigenvalue weighted by molar-refractivity contribution is 6.33. The summed E-state index contributed by atoms with van der Waals surface area (Å²) in [5.74, 6) is 0. The van der Waals surface area contributed by atoms with Crippen LogP contribution in [0.5, 0.6) is 0 Å². The fraction of sp³-hybridized carbons (Fsp3) is 0.467. The van der Waals surface area contributed by atoms with Crippen LogP contribution < -0.4 is 0 Å². The zero-order valence-electron chi connectivity index (χ0n) is 11.8. The van der Waals surface area contributed by atoms with Gasteiger partial charge in [0.25, 0.3) is 0 Å². The van der Waals surface area contributed by atoms with E-state index in [0.29, 0.717) is 29.3 Å². The second-order valence-corrected chi connectivity index (χ2v) is 5.69. The van der Waals surface area contributed by atoms with Gasteiger partial charge in [-0.1, -0.05) is 17.7 Å². The third kappa shape index (κ3) is 2.10. The molecule has 6 heteroatoms. The highest BCUT2D eigenvalue weighted by atomic mass is 35.5. The number of fused-ring (bicyclic) bond motifs is 1. The van der Waals surface area contributed by atoms with Crippen LogP contribution in [0.3, 0.4) is 0 Å². The van der Waals surface area contributed by atoms with Gasteiger partial charge in [-0.2, -0.15) is 10.4 Å². The van der Waals surface area contributed by atoms with Crippen LogP contribution in [0.15, 0.2) is 17.2 Å². The van der Waals surface area contributed by atoms with E-state index in [1.807, 2.05) is 6.92 Å². The minimum Gasteiger partial charge on any atom is -0.373 e. The van der Waals surface area contributed by atoms with Crippen molar-refractivity contribution in [1.82, 2.24) is 5.01 Å². The van der Waals surface area contributed by atoms with Crippen LogP contribution in [0.1, 0.15) is 23.1 Å². The number of halogens is 2. The molecule has 3 rings (SSSR count). The van der Waals surface area contributed by atoms with E-state index in [1.165, 1.54) is 0 Å². The van der Waals surface area contributed by atoms with Gasteiger partial charge in [-0.3, -0.25) is 5.01 Å². The van der Waals surface area contributed by atoms with Crippen molar-refractivity contribution in [2.75, 3.05) is 13.7 Å². The highest BCUT2D eigenvalue weighted by Gasteiger charge is 2.47. The lowest BCUT2D eigenvalue weighted by Gasteiger charge is -2.22. The average molecular weight is 308 g/mol. The SMILES string of the molecule is CO[C@@H]1C(c2ccc(C#N)c(Cl)c2C)=NN2CCC(F)[C@@H]12. The molecule has 4 nitrogen and oxygen atoms in total. The van der Waals surface area contributed by atoms with Crippen molar-refractivity contribution in [3.8, 4) is 6.07 Å². The summed E-state index contributed by atoms with van der Waals surface area (Å²) < 4.78 is 19.5. The molecule has 1 fully saturated rings. The largest absolute Gasteiger partial charge is 0.373 e. The van der Waals surface area contributed by atoms with Crippen molar-refractivity contribution in [2.24, 2.45) is 5.10 Å². The molecule has 1 aromatic rings. The lowest BCUT2D eigenvalue weighted by atomic mass is 9.94. The number of hydrogen-bond donors (Lipinski definition) is 0. The maximum atomic E-state index is 14.0. The lowest BCUT2D eigenvalue weighted by molar-refractivity contribution is 0.0701. The quantitative estimate of drug-likeness (QED) is 0.844. The Morgan fingerprint density at radius 2 is 2.29 bits per heavy atom. The number of nitrogens with zero attached hydrogens (tertiary/aromatic N) is 3. The summed E-state index contributed by atoms with van der Waals surface area (Å²) in [5, 5.41) is 15.7. The number of alkyl halides is 1. The van der Waals surface area contributed by atoms with Crippen molar-refractivity contribution >= 4 is 17.3 Å². The van der Waals surface area contributed by atoms with Crippen LogP contribution in [0.25, 0.3) is 0 Å². The number of ether oxygens (including phenoxy) is 1. The van der Waals surface area contributed by atoms with Crippen LogP contribution in [-0.4, -0.2) is 42.7 Å². The van der Waals surface area contributed by atoms with Crippen molar-refractivity contribution in [3.05, 3.63) is 33.8 Å². The second-order valence-electron chi connectivity index (χ2n) is 5.31. The molecule has 3 atom stereocenters. The van der Waals surface area contributed by atoms with Gasteiger partial charge >= 0.3 is 0 Å². The van der Waals surface area contributed by atoms with E-state index in [4.69, 9.17) is 21.6 Å². The number of hydrazone groups is 1. The number of hydrogen-bond acceptors (Lipinski definition) is 4. The van der Waals surface area contributed by atoms with Gasteiger partial charge in [-0.25, -0.2) is 4.39 Å². The monoisotopic (exact) mass is 307 g/mol. The summed E-state index contributed by atoms with van der Waals surface area (Å²) in [6, 6.07) is 5.16. The van der Waals surface area contributed by atoms with Crippen LogP contribution in [0, 0.1) is 18.3 Å². The molecule has 0 radical (unpaired) electrons. The Kier molecular flexibility index (Phi) is 3.60. The van der Waals surface area contributed by atoms with Gasteiger partial charge in [-0.15, -0.1) is 0 Å². The molecule has 0 bridgehead atoms. The minimum atomic E-state index is -0.939. The molecule has 0 amide bonds. The Hall–Kier alpha value is -1.64. The van der Waals surface area contributed by atoms with Crippen LogP contribution in [0.4, 0.5) is 4.39 Å². The van der Waals surface area contributed by atoms with Crippen molar-refractivity contribution in [1.29, 1.82) is 5.26 Å². The fourth-order valence-corrected chi connectivity index (χ4v) is 3.30. The molecule has 21 heavy (non-hydrogen) atoms. The van der Waals surface area contributed by atoms with Crippen LogP contribution in [-0.2, 0) is 4.74 Å². The first-order valence-electron chi connectivity index (χ1n) is 6.80. The number of benzene rings is 1. The van der Waals surface area contributed by atoms with E-state index in [-0.39, 0.29) is 6.04 Å². The summed E-state index contributed by atoms with van der Waals surface area (Å²) in [7, 11) is 1.56. The normalized spacial score (nSPS) is 27.5. The summed E-state index contributed by atoms with van der Waals surface area (Å²) in [6.45, 7) is 2.43. The molecule has 1 saturated heterocycles. The first kappa shape index (κ1) is 14.3. The minimum absolute atomic E-state index is 0.362.